The molecule has 1 heterocycles. The summed E-state index contributed by atoms with van der Waals surface area (Å²) in [5, 5.41) is 14.8. The van der Waals surface area contributed by atoms with Gasteiger partial charge in [0.2, 0.25) is 0 Å². The van der Waals surface area contributed by atoms with Crippen molar-refractivity contribution in [3.8, 4) is 0 Å². The predicted molar refractivity (Wildman–Crippen MR) is 110 cm³/mol. The molecule has 0 fully saturated rings. The van der Waals surface area contributed by atoms with Crippen molar-refractivity contribution in [2.24, 2.45) is 0 Å². The van der Waals surface area contributed by atoms with Gasteiger partial charge in [0.25, 0.3) is 0 Å². The van der Waals surface area contributed by atoms with Gasteiger partial charge in [0.05, 0.1) is 19.5 Å². The second kappa shape index (κ2) is 11.2. The molecular formula is C18H16Cl4N3O4+. The summed E-state index contributed by atoms with van der Waals surface area (Å²) >= 11 is 24.5. The Morgan fingerprint density at radius 2 is 1.66 bits per heavy atom. The molecule has 0 amide bonds. The van der Waals surface area contributed by atoms with E-state index in [0.29, 0.717) is 33.2 Å². The molecule has 0 aliphatic heterocycles. The molecule has 154 valence electrons. The van der Waals surface area contributed by atoms with Crippen molar-refractivity contribution in [3.05, 3.63) is 91.2 Å². The fraction of sp³-hybridized carbons (Fsp3) is 0.167. The van der Waals surface area contributed by atoms with Gasteiger partial charge in [-0.25, -0.2) is 15.4 Å². The first-order valence-corrected chi connectivity index (χ1v) is 9.58. The molecule has 0 aliphatic carbocycles. The van der Waals surface area contributed by atoms with Crippen LogP contribution < -0.4 is 0 Å². The largest absolute Gasteiger partial charge is 0.472 e. The molecule has 0 aliphatic rings. The lowest BCUT2D eigenvalue weighted by Gasteiger charge is -2.21. The first-order chi connectivity index (χ1) is 13.8. The van der Waals surface area contributed by atoms with Crippen molar-refractivity contribution in [3.63, 3.8) is 0 Å². The molecule has 3 aromatic rings. The van der Waals surface area contributed by atoms with Gasteiger partial charge in [-0.1, -0.05) is 58.5 Å². The van der Waals surface area contributed by atoms with Gasteiger partial charge in [0, 0.05) is 38.0 Å². The van der Waals surface area contributed by atoms with Crippen molar-refractivity contribution < 1.29 is 20.2 Å². The summed E-state index contributed by atoms with van der Waals surface area (Å²) in [6.45, 7) is 0.890. The molecule has 11 heteroatoms. The second-order valence-corrected chi connectivity index (χ2v) is 7.40. The Morgan fingerprint density at radius 3 is 2.21 bits per heavy atom. The smallest absolute Gasteiger partial charge is 0.367 e. The van der Waals surface area contributed by atoms with Gasteiger partial charge in [-0.15, -0.1) is 0 Å². The van der Waals surface area contributed by atoms with Crippen molar-refractivity contribution in [2.45, 2.75) is 19.3 Å². The summed E-state index contributed by atoms with van der Waals surface area (Å²) in [4.78, 5) is 12.5. The maximum atomic E-state index is 8.47. The predicted octanol–water partition coefficient (Wildman–Crippen LogP) is 6.00. The average molecular weight is 480 g/mol. The first kappa shape index (κ1) is 23.3. The summed E-state index contributed by atoms with van der Waals surface area (Å²) in [7, 11) is 0. The van der Waals surface area contributed by atoms with E-state index < -0.39 is 5.09 Å². The lowest BCUT2D eigenvalue weighted by molar-refractivity contribution is -0.969. The Hall–Kier alpha value is -2.03. The van der Waals surface area contributed by atoms with E-state index >= 15 is 0 Å². The third kappa shape index (κ3) is 7.72. The minimum absolute atomic E-state index is 0.286. The van der Waals surface area contributed by atoms with Crippen LogP contribution in [-0.4, -0.2) is 25.1 Å². The van der Waals surface area contributed by atoms with E-state index in [1.165, 1.54) is 0 Å². The van der Waals surface area contributed by atoms with E-state index in [4.69, 9.17) is 66.5 Å². The van der Waals surface area contributed by atoms with Crippen LogP contribution in [0.15, 0.2) is 55.1 Å². The molecule has 0 saturated carbocycles. The number of nitrogens with zero attached hydrogens (tertiary/aromatic N) is 3. The molecule has 0 saturated heterocycles. The van der Waals surface area contributed by atoms with Crippen LogP contribution in [0.25, 0.3) is 0 Å². The number of hydrogen-bond acceptors (Lipinski definition) is 3. The summed E-state index contributed by atoms with van der Waals surface area (Å²) in [5.41, 5.74) is 1.71. The van der Waals surface area contributed by atoms with Crippen LogP contribution in [-0.2, 0) is 17.9 Å². The van der Waals surface area contributed by atoms with Crippen molar-refractivity contribution in [1.82, 2.24) is 9.55 Å². The third-order valence-electron chi connectivity index (χ3n) is 3.70. The van der Waals surface area contributed by atoms with Gasteiger partial charge in [0.15, 0.2) is 0 Å². The second-order valence-electron chi connectivity index (χ2n) is 5.71. The number of rotatable bonds is 6. The van der Waals surface area contributed by atoms with Crippen LogP contribution >= 0.6 is 46.4 Å². The summed E-state index contributed by atoms with van der Waals surface area (Å²) in [6, 6.07) is 10.7. The van der Waals surface area contributed by atoms with Crippen molar-refractivity contribution >= 4 is 46.4 Å². The van der Waals surface area contributed by atoms with Gasteiger partial charge >= 0.3 is 5.09 Å². The number of ether oxygens (including phenoxy) is 1. The molecule has 3 rings (SSSR count). The standard InChI is InChI=1S/C18H14Cl4N2O.H2NO3/c19-13-2-1-12(16(21)7-13)10-25-18(9-24-6-5-23-11-24)15-4-3-14(20)8-17(15)22;2-1(3)4/h1-8,11,18H,9-10H2;(H2,2,3,4)/q;+1. The number of imidazole rings is 1. The highest BCUT2D eigenvalue weighted by molar-refractivity contribution is 6.35. The van der Waals surface area contributed by atoms with E-state index in [1.54, 1.807) is 36.8 Å². The van der Waals surface area contributed by atoms with Crippen LogP contribution in [0.4, 0.5) is 0 Å². The zero-order valence-electron chi connectivity index (χ0n) is 14.8. The van der Waals surface area contributed by atoms with Crippen LogP contribution in [0.5, 0.6) is 0 Å². The molecule has 1 atom stereocenters. The first-order valence-electron chi connectivity index (χ1n) is 8.07. The third-order valence-corrected chi connectivity index (χ3v) is 4.85. The fourth-order valence-electron chi connectivity index (χ4n) is 2.42. The zero-order chi connectivity index (χ0) is 21.4. The lowest BCUT2D eigenvalue weighted by atomic mass is 10.1. The average Bonchev–Trinajstić information content (AvgIpc) is 3.13. The van der Waals surface area contributed by atoms with E-state index in [1.807, 2.05) is 22.9 Å². The minimum Gasteiger partial charge on any atom is -0.367 e. The summed E-state index contributed by atoms with van der Waals surface area (Å²) in [5.74, 6) is 0. The van der Waals surface area contributed by atoms with Gasteiger partial charge < -0.3 is 9.30 Å². The van der Waals surface area contributed by atoms with Crippen LogP contribution in [0.3, 0.4) is 0 Å². The maximum Gasteiger partial charge on any atom is 0.472 e. The van der Waals surface area contributed by atoms with Gasteiger partial charge in [-0.3, -0.25) is 0 Å². The van der Waals surface area contributed by atoms with Gasteiger partial charge in [-0.05, 0) is 29.8 Å². The molecule has 2 N–H and O–H groups in total. The molecule has 1 unspecified atom stereocenters. The molecule has 2 aromatic carbocycles. The maximum absolute atomic E-state index is 8.47. The zero-order valence-corrected chi connectivity index (χ0v) is 17.8. The van der Waals surface area contributed by atoms with Crippen LogP contribution in [0.2, 0.25) is 20.1 Å². The van der Waals surface area contributed by atoms with E-state index in [9.17, 15) is 0 Å². The summed E-state index contributed by atoms with van der Waals surface area (Å²) < 4.78 is 8.05. The highest BCUT2D eigenvalue weighted by Gasteiger charge is 2.17. The Morgan fingerprint density at radius 1 is 1.03 bits per heavy atom. The molecular weight excluding hydrogens is 464 g/mol. The van der Waals surface area contributed by atoms with Crippen molar-refractivity contribution in [2.75, 3.05) is 0 Å². The Kier molecular flexibility index (Phi) is 9.00. The highest BCUT2D eigenvalue weighted by Crippen LogP contribution is 2.31. The Labute approximate surface area is 186 Å². The molecule has 29 heavy (non-hydrogen) atoms. The molecule has 0 bridgehead atoms. The number of halogens is 4. The van der Waals surface area contributed by atoms with E-state index in [-0.39, 0.29) is 6.10 Å². The fourth-order valence-corrected chi connectivity index (χ4v) is 3.41. The number of aromatic nitrogens is 2. The normalized spacial score (nSPS) is 11.4. The lowest BCUT2D eigenvalue weighted by Crippen LogP contribution is -2.12. The monoisotopic (exact) mass is 478 g/mol. The SMILES string of the molecule is Clc1ccc(COC(Cn2ccnc2)c2ccc(Cl)cc2Cl)c(Cl)c1.O=[N+](O)O. The topological polar surface area (TPSA) is 87.6 Å². The molecule has 0 radical (unpaired) electrons. The van der Waals surface area contributed by atoms with Gasteiger partial charge in [-0.2, -0.15) is 0 Å². The quantitative estimate of drug-likeness (QED) is 0.423. The Balaban J connectivity index is 0.000000687. The molecule has 0 spiro atoms. The van der Waals surface area contributed by atoms with Crippen molar-refractivity contribution in [1.29, 1.82) is 0 Å². The minimum atomic E-state index is -1.25. The highest BCUT2D eigenvalue weighted by atomic mass is 35.5. The Bertz CT molecular complexity index is 950. The van der Waals surface area contributed by atoms with Crippen LogP contribution in [0, 0.1) is 4.91 Å². The molecule has 7 nitrogen and oxygen atoms in total. The summed E-state index contributed by atoms with van der Waals surface area (Å²) in [6.07, 6.45) is 5.03. The van der Waals surface area contributed by atoms with Gasteiger partial charge in [0.1, 0.15) is 11.0 Å². The molecule has 1 aromatic heterocycles. The van der Waals surface area contributed by atoms with E-state index in [2.05, 4.69) is 4.98 Å². The van der Waals surface area contributed by atoms with E-state index in [0.717, 1.165) is 11.1 Å². The number of hydrogen-bond donors (Lipinski definition) is 2. The number of benzene rings is 2. The van der Waals surface area contributed by atoms with Crippen LogP contribution in [0.1, 0.15) is 17.2 Å².